The molecule has 0 N–H and O–H groups in total. The third-order valence-corrected chi connectivity index (χ3v) is 7.97. The zero-order valence-corrected chi connectivity index (χ0v) is 29.4. The first-order chi connectivity index (χ1) is 19.5. The second-order valence-electron chi connectivity index (χ2n) is 12.1. The molecule has 0 radical (unpaired) electrons. The molecule has 0 rings (SSSR count). The van der Waals surface area contributed by atoms with E-state index in [2.05, 4.69) is 13.8 Å². The normalized spacial score (nSPS) is 10.3. The van der Waals surface area contributed by atoms with E-state index in [1.807, 2.05) is 0 Å². The molecule has 0 heterocycles. The molecule has 0 aromatic heterocycles. The summed E-state index contributed by atoms with van der Waals surface area (Å²) in [5.41, 5.74) is 0. The molecule has 0 aliphatic rings. The number of carbonyl (C=O) groups is 2. The fraction of sp³-hybridized carbons (Fsp3) is 0.944. The van der Waals surface area contributed by atoms with Gasteiger partial charge in [-0.3, -0.25) is 0 Å². The summed E-state index contributed by atoms with van der Waals surface area (Å²) >= 11 is 0. The van der Waals surface area contributed by atoms with Crippen LogP contribution in [0.25, 0.3) is 0 Å². The van der Waals surface area contributed by atoms with Gasteiger partial charge in [0.05, 0.1) is 0 Å². The summed E-state index contributed by atoms with van der Waals surface area (Å²) in [4.78, 5) is 20.4. The average molecular weight is 618 g/mol. The topological polar surface area (TPSA) is 80.3 Å². The van der Waals surface area contributed by atoms with E-state index in [9.17, 15) is 19.8 Å². The Labute approximate surface area is 295 Å². The zero-order valence-electron chi connectivity index (χ0n) is 28.0. The summed E-state index contributed by atoms with van der Waals surface area (Å²) in [6.45, 7) is 4.53. The summed E-state index contributed by atoms with van der Waals surface area (Å²) in [7, 11) is 0. The number of carboxylic acids is 2. The van der Waals surface area contributed by atoms with Gasteiger partial charge in [0.1, 0.15) is 0 Å². The Kier molecular flexibility index (Phi) is 53.9. The van der Waals surface area contributed by atoms with Gasteiger partial charge in [-0.05, 0) is 25.7 Å². The van der Waals surface area contributed by atoms with Gasteiger partial charge >= 0.3 is 46.1 Å². The van der Waals surface area contributed by atoms with Gasteiger partial charge in [0.25, 0.3) is 0 Å². The van der Waals surface area contributed by atoms with Crippen molar-refractivity contribution in [3.63, 3.8) is 0 Å². The molecule has 0 aromatic rings. The number of rotatable bonds is 32. The fourth-order valence-corrected chi connectivity index (χ4v) is 5.28. The molecule has 0 saturated carbocycles. The Morgan fingerprint density at radius 2 is 0.476 bits per heavy atom. The van der Waals surface area contributed by atoms with Crippen molar-refractivity contribution in [3.8, 4) is 0 Å². The summed E-state index contributed by atoms with van der Waals surface area (Å²) in [6.07, 6.45) is 39.7. The first-order valence-electron chi connectivity index (χ1n) is 17.9. The predicted octanol–water partition coefficient (Wildman–Crippen LogP) is 8.70. The van der Waals surface area contributed by atoms with Crippen LogP contribution in [0.1, 0.15) is 219 Å². The largest absolute Gasteiger partial charge is 2.00 e. The summed E-state index contributed by atoms with van der Waals surface area (Å²) in [6, 6.07) is 0. The second-order valence-corrected chi connectivity index (χ2v) is 12.1. The molecule has 0 saturated heterocycles. The number of hydrogen-bond acceptors (Lipinski definition) is 4. The molecule has 0 aliphatic carbocycles. The first-order valence-corrected chi connectivity index (χ1v) is 17.9. The van der Waals surface area contributed by atoms with Gasteiger partial charge in [-0.25, -0.2) is 0 Å². The molecule has 0 aliphatic heterocycles. The van der Waals surface area contributed by atoms with Crippen LogP contribution >= 0.6 is 0 Å². The van der Waals surface area contributed by atoms with E-state index in [-0.39, 0.29) is 58.9 Å². The maximum atomic E-state index is 10.2. The van der Waals surface area contributed by atoms with Crippen molar-refractivity contribution in [2.24, 2.45) is 0 Å². The van der Waals surface area contributed by atoms with Gasteiger partial charge in [-0.15, -0.1) is 0 Å². The SMILES string of the molecule is CCCCCCCCCCCCCCCCCC(=O)[O-].CCCCCCCCCCCCCCCCCC(=O)[O-].[Mg+2].[MgH2]. The molecular formula is C36H72Mg2O4. The van der Waals surface area contributed by atoms with Crippen molar-refractivity contribution in [2.75, 3.05) is 0 Å². The molecule has 0 bridgehead atoms. The van der Waals surface area contributed by atoms with E-state index in [4.69, 9.17) is 0 Å². The number of hydrogen-bond donors (Lipinski definition) is 0. The van der Waals surface area contributed by atoms with Crippen molar-refractivity contribution in [3.05, 3.63) is 0 Å². The molecule has 4 nitrogen and oxygen atoms in total. The van der Waals surface area contributed by atoms with Gasteiger partial charge in [0, 0.05) is 11.9 Å². The van der Waals surface area contributed by atoms with Gasteiger partial charge in [-0.2, -0.15) is 0 Å². The quantitative estimate of drug-likeness (QED) is 0.0559. The fourth-order valence-electron chi connectivity index (χ4n) is 5.28. The van der Waals surface area contributed by atoms with E-state index in [1.54, 1.807) is 0 Å². The predicted molar refractivity (Wildman–Crippen MR) is 183 cm³/mol. The number of carboxylic acid groups (broad SMARTS) is 2. The minimum absolute atomic E-state index is 0. The smallest absolute Gasteiger partial charge is 0.550 e. The van der Waals surface area contributed by atoms with Crippen LogP contribution in [0.3, 0.4) is 0 Å². The summed E-state index contributed by atoms with van der Waals surface area (Å²) in [5, 5.41) is 20.4. The minimum Gasteiger partial charge on any atom is -0.550 e. The van der Waals surface area contributed by atoms with Gasteiger partial charge < -0.3 is 19.8 Å². The minimum atomic E-state index is -0.903. The van der Waals surface area contributed by atoms with E-state index in [1.165, 1.54) is 167 Å². The van der Waals surface area contributed by atoms with Crippen LogP contribution in [0.2, 0.25) is 0 Å². The van der Waals surface area contributed by atoms with Crippen molar-refractivity contribution < 1.29 is 19.8 Å². The Balaban J connectivity index is -0.000000328. The molecule has 0 unspecified atom stereocenters. The van der Waals surface area contributed by atoms with Crippen LogP contribution in [0.4, 0.5) is 0 Å². The Bertz CT molecular complexity index is 459. The van der Waals surface area contributed by atoms with Crippen molar-refractivity contribution >= 4 is 58.0 Å². The molecule has 6 heteroatoms. The van der Waals surface area contributed by atoms with Crippen molar-refractivity contribution in [2.45, 2.75) is 219 Å². The first kappa shape index (κ1) is 49.4. The maximum absolute atomic E-state index is 10.2. The molecule has 0 spiro atoms. The molecule has 0 aromatic carbocycles. The van der Waals surface area contributed by atoms with Crippen LogP contribution in [0, 0.1) is 0 Å². The molecule has 42 heavy (non-hydrogen) atoms. The monoisotopic (exact) mass is 617 g/mol. The van der Waals surface area contributed by atoms with Crippen LogP contribution in [-0.2, 0) is 9.59 Å². The Morgan fingerprint density at radius 3 is 0.619 bits per heavy atom. The van der Waals surface area contributed by atoms with Crippen LogP contribution in [0.5, 0.6) is 0 Å². The Morgan fingerprint density at radius 1 is 0.333 bits per heavy atom. The summed E-state index contributed by atoms with van der Waals surface area (Å²) in [5.74, 6) is -1.81. The van der Waals surface area contributed by atoms with Crippen LogP contribution in [0.15, 0.2) is 0 Å². The third-order valence-electron chi connectivity index (χ3n) is 7.97. The van der Waals surface area contributed by atoms with Gasteiger partial charge in [0.15, 0.2) is 0 Å². The van der Waals surface area contributed by atoms with E-state index in [0.717, 1.165) is 25.7 Å². The molecule has 244 valence electrons. The molecule has 0 atom stereocenters. The second kappa shape index (κ2) is 45.9. The number of unbranched alkanes of at least 4 members (excludes halogenated alkanes) is 28. The van der Waals surface area contributed by atoms with E-state index < -0.39 is 11.9 Å². The number of carbonyl (C=O) groups excluding carboxylic acids is 2. The standard InChI is InChI=1S/2C18H36O2.2Mg.2H/c2*1-2-3-4-5-6-7-8-9-10-11-12-13-14-15-16-17-18(19)20;;;;/h2*2-17H2,1H3,(H,19,20);;;;/q;;;+2;;/p-2. The zero-order chi connectivity index (χ0) is 29.8. The van der Waals surface area contributed by atoms with Crippen LogP contribution < -0.4 is 10.2 Å². The van der Waals surface area contributed by atoms with Gasteiger partial charge in [-0.1, -0.05) is 194 Å². The average Bonchev–Trinajstić information content (AvgIpc) is 2.93. The maximum Gasteiger partial charge on any atom is 2.00 e. The molecule has 0 amide bonds. The van der Waals surface area contributed by atoms with Crippen molar-refractivity contribution in [1.29, 1.82) is 0 Å². The van der Waals surface area contributed by atoms with Crippen LogP contribution in [-0.4, -0.2) is 58.0 Å². The molecule has 0 fully saturated rings. The Hall–Kier alpha value is 0.472. The van der Waals surface area contributed by atoms with Crippen molar-refractivity contribution in [1.82, 2.24) is 0 Å². The van der Waals surface area contributed by atoms with Gasteiger partial charge in [0.2, 0.25) is 0 Å². The van der Waals surface area contributed by atoms with E-state index in [0.29, 0.717) is 0 Å². The third kappa shape index (κ3) is 53.1. The molecular weight excluding hydrogens is 545 g/mol. The number of aliphatic carboxylic acids is 2. The summed E-state index contributed by atoms with van der Waals surface area (Å²) < 4.78 is 0. The van der Waals surface area contributed by atoms with E-state index >= 15 is 0 Å².